The third-order valence-corrected chi connectivity index (χ3v) is 3.11. The van der Waals surface area contributed by atoms with E-state index in [2.05, 4.69) is 10.3 Å². The fraction of sp³-hybridized carbons (Fsp3) is 0.500. The van der Waals surface area contributed by atoms with Crippen LogP contribution in [0.5, 0.6) is 0 Å². The molecule has 5 nitrogen and oxygen atoms in total. The van der Waals surface area contributed by atoms with E-state index in [-0.39, 0.29) is 5.75 Å². The molecule has 0 fully saturated rings. The number of hydrogen-bond donors (Lipinski definition) is 2. The first kappa shape index (κ1) is 12.8. The summed E-state index contributed by atoms with van der Waals surface area (Å²) in [6.07, 6.45) is 3.38. The molecule has 0 aliphatic heterocycles. The van der Waals surface area contributed by atoms with Crippen LogP contribution in [0.3, 0.4) is 0 Å². The van der Waals surface area contributed by atoms with Crippen LogP contribution in [0.4, 0.5) is 11.5 Å². The molecule has 0 spiro atoms. The topological polar surface area (TPSA) is 85.1 Å². The van der Waals surface area contributed by atoms with Gasteiger partial charge in [-0.05, 0) is 25.0 Å². The largest absolute Gasteiger partial charge is 0.397 e. The Kier molecular flexibility index (Phi) is 4.12. The summed E-state index contributed by atoms with van der Waals surface area (Å²) in [6, 6.07) is 1.83. The molecule has 0 unspecified atom stereocenters. The molecule has 0 aliphatic rings. The highest BCUT2D eigenvalue weighted by molar-refractivity contribution is 7.90. The monoisotopic (exact) mass is 243 g/mol. The maximum absolute atomic E-state index is 10.9. The Morgan fingerprint density at radius 1 is 1.50 bits per heavy atom. The molecule has 6 heteroatoms. The van der Waals surface area contributed by atoms with Crippen LogP contribution in [0.2, 0.25) is 0 Å². The van der Waals surface area contributed by atoms with Crippen molar-refractivity contribution in [1.29, 1.82) is 0 Å². The van der Waals surface area contributed by atoms with E-state index in [1.165, 1.54) is 6.26 Å². The van der Waals surface area contributed by atoms with Crippen LogP contribution in [0.25, 0.3) is 0 Å². The Morgan fingerprint density at radius 3 is 2.75 bits per heavy atom. The molecular formula is C10H17N3O2S. The first-order valence-electron chi connectivity index (χ1n) is 5.02. The molecule has 16 heavy (non-hydrogen) atoms. The van der Waals surface area contributed by atoms with Crippen LogP contribution in [-0.4, -0.2) is 32.0 Å². The Balaban J connectivity index is 2.43. The second-order valence-corrected chi connectivity index (χ2v) is 6.10. The highest BCUT2D eigenvalue weighted by atomic mass is 32.2. The summed E-state index contributed by atoms with van der Waals surface area (Å²) in [7, 11) is -2.88. The fourth-order valence-electron chi connectivity index (χ4n) is 1.32. The average molecular weight is 243 g/mol. The molecular weight excluding hydrogens is 226 g/mol. The minimum Gasteiger partial charge on any atom is -0.397 e. The van der Waals surface area contributed by atoms with Crippen molar-refractivity contribution in [1.82, 2.24) is 4.98 Å². The van der Waals surface area contributed by atoms with Gasteiger partial charge >= 0.3 is 0 Å². The molecule has 0 saturated carbocycles. The number of anilines is 2. The van der Waals surface area contributed by atoms with E-state index in [0.717, 1.165) is 11.4 Å². The molecule has 90 valence electrons. The average Bonchev–Trinajstić information content (AvgIpc) is 2.13. The zero-order chi connectivity index (χ0) is 12.2. The third kappa shape index (κ3) is 4.48. The predicted molar refractivity (Wildman–Crippen MR) is 66.2 cm³/mol. The van der Waals surface area contributed by atoms with Crippen LogP contribution >= 0.6 is 0 Å². The van der Waals surface area contributed by atoms with E-state index in [1.54, 1.807) is 6.20 Å². The molecule has 1 aromatic rings. The van der Waals surface area contributed by atoms with E-state index in [1.807, 2.05) is 13.0 Å². The number of nitrogens with zero attached hydrogens (tertiary/aromatic N) is 1. The van der Waals surface area contributed by atoms with Gasteiger partial charge in [-0.2, -0.15) is 0 Å². The summed E-state index contributed by atoms with van der Waals surface area (Å²) in [5.41, 5.74) is 7.15. The molecule has 0 saturated heterocycles. The van der Waals surface area contributed by atoms with Gasteiger partial charge in [0.25, 0.3) is 0 Å². The number of rotatable bonds is 5. The number of nitrogen functional groups attached to an aromatic ring is 1. The summed E-state index contributed by atoms with van der Waals surface area (Å²) < 4.78 is 21.8. The summed E-state index contributed by atoms with van der Waals surface area (Å²) >= 11 is 0. The molecule has 1 heterocycles. The smallest absolute Gasteiger partial charge is 0.147 e. The summed E-state index contributed by atoms with van der Waals surface area (Å²) in [6.45, 7) is 2.49. The number of pyridine rings is 1. The molecule has 0 aliphatic carbocycles. The van der Waals surface area contributed by atoms with Crippen LogP contribution in [0, 0.1) is 6.92 Å². The van der Waals surface area contributed by atoms with Gasteiger partial charge in [0.1, 0.15) is 15.7 Å². The number of nitrogens with one attached hydrogen (secondary N) is 1. The van der Waals surface area contributed by atoms with Crippen LogP contribution in [0.15, 0.2) is 12.3 Å². The Labute approximate surface area is 96.0 Å². The van der Waals surface area contributed by atoms with Crippen molar-refractivity contribution >= 4 is 21.3 Å². The summed E-state index contributed by atoms with van der Waals surface area (Å²) in [4.78, 5) is 4.13. The first-order valence-corrected chi connectivity index (χ1v) is 7.08. The molecule has 1 rings (SSSR count). The molecule has 0 radical (unpaired) electrons. The molecule has 3 N–H and O–H groups in total. The first-order chi connectivity index (χ1) is 7.38. The second-order valence-electron chi connectivity index (χ2n) is 3.84. The fourth-order valence-corrected chi connectivity index (χ4v) is 1.99. The van der Waals surface area contributed by atoms with Gasteiger partial charge in [-0.1, -0.05) is 0 Å². The molecule has 0 amide bonds. The van der Waals surface area contributed by atoms with Crippen molar-refractivity contribution in [2.45, 2.75) is 13.3 Å². The van der Waals surface area contributed by atoms with E-state index in [0.29, 0.717) is 18.7 Å². The highest BCUT2D eigenvalue weighted by Crippen LogP contribution is 2.13. The number of nitrogens with two attached hydrogens (primary N) is 1. The second kappa shape index (κ2) is 5.16. The molecule has 1 aromatic heterocycles. The van der Waals surface area contributed by atoms with Gasteiger partial charge in [-0.15, -0.1) is 0 Å². The van der Waals surface area contributed by atoms with E-state index in [9.17, 15) is 8.42 Å². The zero-order valence-electron chi connectivity index (χ0n) is 9.53. The lowest BCUT2D eigenvalue weighted by molar-refractivity contribution is 0.600. The lowest BCUT2D eigenvalue weighted by Gasteiger charge is -2.08. The van der Waals surface area contributed by atoms with Crippen molar-refractivity contribution < 1.29 is 8.42 Å². The van der Waals surface area contributed by atoms with Gasteiger partial charge in [-0.25, -0.2) is 13.4 Å². The number of sulfone groups is 1. The van der Waals surface area contributed by atoms with Crippen molar-refractivity contribution in [2.24, 2.45) is 0 Å². The molecule has 0 bridgehead atoms. The van der Waals surface area contributed by atoms with E-state index >= 15 is 0 Å². The number of hydrogen-bond acceptors (Lipinski definition) is 5. The Morgan fingerprint density at radius 2 is 2.19 bits per heavy atom. The number of aromatic nitrogens is 1. The van der Waals surface area contributed by atoms with Gasteiger partial charge in [0.2, 0.25) is 0 Å². The van der Waals surface area contributed by atoms with Gasteiger partial charge < -0.3 is 11.1 Å². The maximum atomic E-state index is 10.9. The Hall–Kier alpha value is -1.30. The van der Waals surface area contributed by atoms with Gasteiger partial charge in [-0.3, -0.25) is 0 Å². The summed E-state index contributed by atoms with van der Waals surface area (Å²) in [5, 5.41) is 3.08. The van der Waals surface area contributed by atoms with Gasteiger partial charge in [0.15, 0.2) is 0 Å². The summed E-state index contributed by atoms with van der Waals surface area (Å²) in [5.74, 6) is 0.941. The van der Waals surface area contributed by atoms with Crippen LogP contribution in [-0.2, 0) is 9.84 Å². The quantitative estimate of drug-likeness (QED) is 0.748. The minimum atomic E-state index is -2.88. The highest BCUT2D eigenvalue weighted by Gasteiger charge is 2.03. The Bertz CT molecular complexity index is 457. The zero-order valence-corrected chi connectivity index (χ0v) is 10.3. The van der Waals surface area contributed by atoms with Crippen LogP contribution in [0.1, 0.15) is 12.0 Å². The van der Waals surface area contributed by atoms with Crippen molar-refractivity contribution in [3.8, 4) is 0 Å². The molecule has 0 atom stereocenters. The normalized spacial score (nSPS) is 11.4. The lowest BCUT2D eigenvalue weighted by atomic mass is 10.2. The lowest BCUT2D eigenvalue weighted by Crippen LogP contribution is -2.11. The van der Waals surface area contributed by atoms with Crippen molar-refractivity contribution in [3.63, 3.8) is 0 Å². The van der Waals surface area contributed by atoms with E-state index < -0.39 is 9.84 Å². The predicted octanol–water partition coefficient (Wildman–Crippen LogP) is 0.819. The van der Waals surface area contributed by atoms with E-state index in [4.69, 9.17) is 5.73 Å². The molecule has 0 aromatic carbocycles. The number of aryl methyl sites for hydroxylation is 1. The standard InChI is InChI=1S/C10H17N3O2S/c1-8-6-9(11)7-13-10(8)12-4-3-5-16(2,14)15/h6-7H,3-5,11H2,1-2H3,(H,12,13). The van der Waals surface area contributed by atoms with Gasteiger partial charge in [0, 0.05) is 12.8 Å². The maximum Gasteiger partial charge on any atom is 0.147 e. The SMILES string of the molecule is Cc1cc(N)cnc1NCCCS(C)(=O)=O. The third-order valence-electron chi connectivity index (χ3n) is 2.08. The minimum absolute atomic E-state index is 0.189. The van der Waals surface area contributed by atoms with Crippen molar-refractivity contribution in [2.75, 3.05) is 29.6 Å². The van der Waals surface area contributed by atoms with Crippen molar-refractivity contribution in [3.05, 3.63) is 17.8 Å². The van der Waals surface area contributed by atoms with Gasteiger partial charge in [0.05, 0.1) is 17.6 Å². The van der Waals surface area contributed by atoms with Crippen LogP contribution < -0.4 is 11.1 Å².